The van der Waals surface area contributed by atoms with E-state index in [9.17, 15) is 22.8 Å². The van der Waals surface area contributed by atoms with Gasteiger partial charge in [-0.05, 0) is 37.3 Å². The molecular weight excluding hydrogens is 431 g/mol. The van der Waals surface area contributed by atoms with Gasteiger partial charge in [-0.1, -0.05) is 11.6 Å². The van der Waals surface area contributed by atoms with Crippen molar-refractivity contribution in [1.82, 2.24) is 4.98 Å². The summed E-state index contributed by atoms with van der Waals surface area (Å²) in [6, 6.07) is 6.51. The van der Waals surface area contributed by atoms with Gasteiger partial charge < -0.3 is 19.3 Å². The van der Waals surface area contributed by atoms with Crippen molar-refractivity contribution in [1.29, 1.82) is 0 Å². The van der Waals surface area contributed by atoms with Crippen LogP contribution < -0.4 is 9.47 Å². The molecular formula is C19H17ClF3NO6. The maximum absolute atomic E-state index is 12.6. The molecule has 0 spiro atoms. The van der Waals surface area contributed by atoms with Gasteiger partial charge in [-0.3, -0.25) is 9.59 Å². The van der Waals surface area contributed by atoms with Crippen LogP contribution in [-0.2, 0) is 20.5 Å². The van der Waals surface area contributed by atoms with E-state index in [1.54, 1.807) is 0 Å². The van der Waals surface area contributed by atoms with Crippen molar-refractivity contribution in [2.24, 2.45) is 0 Å². The molecule has 0 amide bonds. The number of pyridine rings is 1. The molecule has 0 aliphatic heterocycles. The fraction of sp³-hybridized carbons (Fsp3) is 0.316. The van der Waals surface area contributed by atoms with Crippen molar-refractivity contribution in [3.63, 3.8) is 0 Å². The maximum atomic E-state index is 12.6. The zero-order valence-electron chi connectivity index (χ0n) is 15.6. The lowest BCUT2D eigenvalue weighted by atomic mass is 10.2. The van der Waals surface area contributed by atoms with Crippen molar-refractivity contribution in [3.8, 4) is 17.4 Å². The molecule has 0 aliphatic rings. The minimum Gasteiger partial charge on any atom is -0.483 e. The summed E-state index contributed by atoms with van der Waals surface area (Å²) in [6.45, 7) is 0.923. The number of ether oxygens (including phenoxy) is 3. The first-order chi connectivity index (χ1) is 14.1. The number of hydrogen-bond acceptors (Lipinski definition) is 7. The van der Waals surface area contributed by atoms with E-state index in [4.69, 9.17) is 26.2 Å². The van der Waals surface area contributed by atoms with Crippen molar-refractivity contribution in [2.75, 3.05) is 13.2 Å². The highest BCUT2D eigenvalue weighted by molar-refractivity contribution is 6.31. The molecule has 1 N–H and O–H groups in total. The lowest BCUT2D eigenvalue weighted by Gasteiger charge is -2.14. The summed E-state index contributed by atoms with van der Waals surface area (Å²) in [6.07, 6.45) is -5.40. The van der Waals surface area contributed by atoms with Crippen LogP contribution in [0.25, 0.3) is 0 Å². The van der Waals surface area contributed by atoms with E-state index in [1.807, 2.05) is 0 Å². The number of ketones is 1. The Morgan fingerprint density at radius 1 is 1.20 bits per heavy atom. The molecule has 2 rings (SSSR count). The van der Waals surface area contributed by atoms with Crippen LogP contribution in [0.5, 0.6) is 17.4 Å². The van der Waals surface area contributed by atoms with E-state index < -0.39 is 36.0 Å². The van der Waals surface area contributed by atoms with Gasteiger partial charge in [-0.25, -0.2) is 4.98 Å². The molecule has 1 aromatic heterocycles. The Bertz CT molecular complexity index is 889. The molecule has 1 heterocycles. The second kappa shape index (κ2) is 10.3. The minimum atomic E-state index is -4.57. The Morgan fingerprint density at radius 2 is 1.83 bits per heavy atom. The van der Waals surface area contributed by atoms with Crippen LogP contribution >= 0.6 is 11.6 Å². The molecule has 0 bridgehead atoms. The number of benzene rings is 1. The zero-order valence-corrected chi connectivity index (χ0v) is 16.4. The normalized spacial score (nSPS) is 12.2. The predicted molar refractivity (Wildman–Crippen MR) is 98.5 cm³/mol. The Kier molecular flexibility index (Phi) is 8.01. The summed E-state index contributed by atoms with van der Waals surface area (Å²) in [5.74, 6) is -0.974. The van der Waals surface area contributed by atoms with Crippen LogP contribution in [0.15, 0.2) is 36.5 Å². The molecule has 0 saturated carbocycles. The molecule has 1 aromatic carbocycles. The minimum absolute atomic E-state index is 0.194. The summed E-state index contributed by atoms with van der Waals surface area (Å²) in [5.41, 5.74) is -0.998. The topological polar surface area (TPSA) is 95.0 Å². The number of Topliss-reactive ketones (excluding diaryl/α,β-unsaturated/α-hetero) is 1. The highest BCUT2D eigenvalue weighted by Gasteiger charge is 2.31. The third kappa shape index (κ3) is 6.89. The Labute approximate surface area is 174 Å². The fourth-order valence-electron chi connectivity index (χ4n) is 2.12. The van der Waals surface area contributed by atoms with Gasteiger partial charge in [-0.15, -0.1) is 0 Å². The van der Waals surface area contributed by atoms with E-state index in [-0.39, 0.29) is 29.9 Å². The largest absolute Gasteiger partial charge is 0.483 e. The Balaban J connectivity index is 1.95. The molecule has 0 saturated heterocycles. The number of rotatable bonds is 9. The number of alkyl halides is 3. The third-order valence-electron chi connectivity index (χ3n) is 3.61. The van der Waals surface area contributed by atoms with Crippen LogP contribution in [0.3, 0.4) is 0 Å². The molecule has 0 radical (unpaired) electrons. The number of aromatic nitrogens is 1. The summed E-state index contributed by atoms with van der Waals surface area (Å²) < 4.78 is 53.3. The monoisotopic (exact) mass is 447 g/mol. The van der Waals surface area contributed by atoms with Crippen LogP contribution in [-0.4, -0.2) is 41.2 Å². The van der Waals surface area contributed by atoms with Gasteiger partial charge in [0.2, 0.25) is 5.88 Å². The van der Waals surface area contributed by atoms with Crippen LogP contribution in [0.1, 0.15) is 18.9 Å². The van der Waals surface area contributed by atoms with E-state index in [2.05, 4.69) is 9.72 Å². The summed E-state index contributed by atoms with van der Waals surface area (Å²) in [5, 5.41) is 8.27. The lowest BCUT2D eigenvalue weighted by molar-refractivity contribution is -0.148. The van der Waals surface area contributed by atoms with Crippen molar-refractivity contribution >= 4 is 23.4 Å². The van der Waals surface area contributed by atoms with Crippen LogP contribution in [0.2, 0.25) is 5.02 Å². The standard InChI is InChI=1S/C19H17ClF3NO6/c1-11(16(26)9-17(27)28-7-6-25)29-13-2-4-14(5-3-13)30-18-15(20)8-12(10-24-18)19(21,22)23/h2-5,8,10-11,25H,6-7,9H2,1H3. The van der Waals surface area contributed by atoms with Gasteiger partial charge in [0.25, 0.3) is 0 Å². The zero-order chi connectivity index (χ0) is 22.3. The Hall–Kier alpha value is -2.85. The number of halogens is 4. The highest BCUT2D eigenvalue weighted by atomic mass is 35.5. The number of carbonyl (C=O) groups excluding carboxylic acids is 2. The van der Waals surface area contributed by atoms with Crippen molar-refractivity contribution < 1.29 is 42.1 Å². The molecule has 0 fully saturated rings. The maximum Gasteiger partial charge on any atom is 0.417 e. The molecule has 30 heavy (non-hydrogen) atoms. The molecule has 162 valence electrons. The molecule has 2 aromatic rings. The summed E-state index contributed by atoms with van der Waals surface area (Å²) in [7, 11) is 0. The summed E-state index contributed by atoms with van der Waals surface area (Å²) >= 11 is 5.79. The Morgan fingerprint density at radius 3 is 2.40 bits per heavy atom. The smallest absolute Gasteiger partial charge is 0.417 e. The number of esters is 1. The highest BCUT2D eigenvalue weighted by Crippen LogP contribution is 2.34. The third-order valence-corrected chi connectivity index (χ3v) is 3.88. The first-order valence-electron chi connectivity index (χ1n) is 8.56. The number of aliphatic hydroxyl groups excluding tert-OH is 1. The average Bonchev–Trinajstić information content (AvgIpc) is 2.68. The van der Waals surface area contributed by atoms with Gasteiger partial charge in [0.05, 0.1) is 12.2 Å². The first-order valence-corrected chi connectivity index (χ1v) is 8.94. The second-order valence-corrected chi connectivity index (χ2v) is 6.34. The molecule has 0 aliphatic carbocycles. The van der Waals surface area contributed by atoms with E-state index in [1.165, 1.54) is 31.2 Å². The number of aliphatic hydroxyl groups is 1. The van der Waals surface area contributed by atoms with Crippen LogP contribution in [0, 0.1) is 0 Å². The van der Waals surface area contributed by atoms with Gasteiger partial charge >= 0.3 is 12.1 Å². The number of nitrogens with zero attached hydrogens (tertiary/aromatic N) is 1. The lowest BCUT2D eigenvalue weighted by Crippen LogP contribution is -2.27. The number of hydrogen-bond donors (Lipinski definition) is 1. The summed E-state index contributed by atoms with van der Waals surface area (Å²) in [4.78, 5) is 26.9. The van der Waals surface area contributed by atoms with Gasteiger partial charge in [-0.2, -0.15) is 13.2 Å². The fourth-order valence-corrected chi connectivity index (χ4v) is 2.32. The molecule has 11 heteroatoms. The second-order valence-electron chi connectivity index (χ2n) is 5.93. The first kappa shape index (κ1) is 23.4. The number of carbonyl (C=O) groups is 2. The van der Waals surface area contributed by atoms with Crippen molar-refractivity contribution in [2.45, 2.75) is 25.6 Å². The van der Waals surface area contributed by atoms with E-state index in [0.717, 1.165) is 0 Å². The molecule has 1 unspecified atom stereocenters. The predicted octanol–water partition coefficient (Wildman–Crippen LogP) is 3.81. The van der Waals surface area contributed by atoms with Crippen LogP contribution in [0.4, 0.5) is 13.2 Å². The SMILES string of the molecule is CC(Oc1ccc(Oc2ncc(C(F)(F)F)cc2Cl)cc1)C(=O)CC(=O)OCCO. The van der Waals surface area contributed by atoms with E-state index >= 15 is 0 Å². The van der Waals surface area contributed by atoms with Crippen molar-refractivity contribution in [3.05, 3.63) is 47.1 Å². The molecule has 7 nitrogen and oxygen atoms in total. The van der Waals surface area contributed by atoms with Gasteiger partial charge in [0.1, 0.15) is 29.5 Å². The average molecular weight is 448 g/mol. The molecule has 1 atom stereocenters. The van der Waals surface area contributed by atoms with Gasteiger partial charge in [0, 0.05) is 6.20 Å². The quantitative estimate of drug-likeness (QED) is 0.461. The van der Waals surface area contributed by atoms with Gasteiger partial charge in [0.15, 0.2) is 11.9 Å². The van der Waals surface area contributed by atoms with E-state index in [0.29, 0.717) is 18.0 Å².